The van der Waals surface area contributed by atoms with Gasteiger partial charge in [-0.1, -0.05) is 25.5 Å². The van der Waals surface area contributed by atoms with Gasteiger partial charge in [-0.25, -0.2) is 4.68 Å². The average molecular weight is 277 g/mol. The minimum Gasteiger partial charge on any atom is -0.337 e. The van der Waals surface area contributed by atoms with Crippen LogP contribution in [0.1, 0.15) is 49.6 Å². The summed E-state index contributed by atoms with van der Waals surface area (Å²) >= 11 is 0. The number of nitrogens with zero attached hydrogens (tertiary/aromatic N) is 4. The molecule has 0 unspecified atom stereocenters. The Morgan fingerprint density at radius 3 is 2.70 bits per heavy atom. The van der Waals surface area contributed by atoms with Crippen molar-refractivity contribution in [3.05, 3.63) is 11.9 Å². The lowest BCUT2D eigenvalue weighted by atomic mass is 9.78. The molecule has 1 N–H and O–H groups in total. The van der Waals surface area contributed by atoms with Crippen molar-refractivity contribution >= 4 is 5.91 Å². The highest BCUT2D eigenvalue weighted by Crippen LogP contribution is 2.34. The molecule has 20 heavy (non-hydrogen) atoms. The van der Waals surface area contributed by atoms with Crippen molar-refractivity contribution in [3.8, 4) is 0 Å². The maximum atomic E-state index is 12.4. The van der Waals surface area contributed by atoms with E-state index in [-0.39, 0.29) is 5.91 Å². The number of hydrogen-bond donors (Lipinski definition) is 1. The summed E-state index contributed by atoms with van der Waals surface area (Å²) in [5.74, 6) is 0.0293. The summed E-state index contributed by atoms with van der Waals surface area (Å²) in [7, 11) is 0. The van der Waals surface area contributed by atoms with Crippen molar-refractivity contribution in [2.75, 3.05) is 26.2 Å². The Bertz CT molecular complexity index is 486. The predicted octanol–water partition coefficient (Wildman–Crippen LogP) is 1.07. The first kappa shape index (κ1) is 13.5. The molecule has 1 aromatic heterocycles. The van der Waals surface area contributed by atoms with Gasteiger partial charge in [-0.3, -0.25) is 4.79 Å². The molecule has 2 fully saturated rings. The zero-order valence-electron chi connectivity index (χ0n) is 12.3. The number of nitrogens with one attached hydrogen (secondary N) is 1. The molecule has 0 saturated carbocycles. The number of amides is 1. The van der Waals surface area contributed by atoms with Gasteiger partial charge in [-0.2, -0.15) is 0 Å². The standard InChI is InChI=1S/C14H23N5O/c1-3-14(2)4-6-18(7-5-14)13(20)12-10-19(17-16-12)11-8-15-9-11/h10-11,15H,3-9H2,1-2H3. The van der Waals surface area contributed by atoms with Crippen molar-refractivity contribution in [1.82, 2.24) is 25.2 Å². The zero-order chi connectivity index (χ0) is 14.2. The number of aromatic nitrogens is 3. The Balaban J connectivity index is 1.63. The largest absolute Gasteiger partial charge is 0.337 e. The van der Waals surface area contributed by atoms with E-state index in [9.17, 15) is 4.79 Å². The third-order valence-corrected chi connectivity index (χ3v) is 4.97. The third kappa shape index (κ3) is 2.44. The number of carbonyl (C=O) groups excluding carboxylic acids is 1. The van der Waals surface area contributed by atoms with Gasteiger partial charge in [0.25, 0.3) is 5.91 Å². The van der Waals surface area contributed by atoms with Crippen LogP contribution < -0.4 is 5.32 Å². The second-order valence-corrected chi connectivity index (χ2v) is 6.35. The van der Waals surface area contributed by atoms with Gasteiger partial charge in [0.1, 0.15) is 0 Å². The summed E-state index contributed by atoms with van der Waals surface area (Å²) in [5, 5.41) is 11.3. The van der Waals surface area contributed by atoms with E-state index in [0.717, 1.165) is 39.0 Å². The summed E-state index contributed by atoms with van der Waals surface area (Å²) in [6, 6.07) is 0.355. The molecule has 3 rings (SSSR count). The Labute approximate surface area is 119 Å². The molecule has 1 amide bonds. The van der Waals surface area contributed by atoms with Gasteiger partial charge in [0.05, 0.1) is 12.2 Å². The Kier molecular flexibility index (Phi) is 3.50. The molecular formula is C14H23N5O. The van der Waals surface area contributed by atoms with Crippen LogP contribution in [0.25, 0.3) is 0 Å². The number of hydrogen-bond acceptors (Lipinski definition) is 4. The van der Waals surface area contributed by atoms with Crippen LogP contribution in [0.2, 0.25) is 0 Å². The van der Waals surface area contributed by atoms with Gasteiger partial charge < -0.3 is 10.2 Å². The zero-order valence-corrected chi connectivity index (χ0v) is 12.3. The lowest BCUT2D eigenvalue weighted by Crippen LogP contribution is -2.43. The molecule has 0 atom stereocenters. The SMILES string of the molecule is CCC1(C)CCN(C(=O)c2cn(C3CNC3)nn2)CC1. The number of likely N-dealkylation sites (tertiary alicyclic amines) is 1. The van der Waals surface area contributed by atoms with Crippen molar-refractivity contribution < 1.29 is 4.79 Å². The minimum atomic E-state index is 0.0293. The van der Waals surface area contributed by atoms with Crippen LogP contribution in [0.3, 0.4) is 0 Å². The first-order valence-electron chi connectivity index (χ1n) is 7.53. The molecule has 0 spiro atoms. The molecule has 3 heterocycles. The van der Waals surface area contributed by atoms with Crippen LogP contribution in [-0.2, 0) is 0 Å². The van der Waals surface area contributed by atoms with E-state index < -0.39 is 0 Å². The fourth-order valence-corrected chi connectivity index (χ4v) is 2.78. The summed E-state index contributed by atoms with van der Waals surface area (Å²) in [6.07, 6.45) is 5.13. The van der Waals surface area contributed by atoms with E-state index in [2.05, 4.69) is 29.5 Å². The van der Waals surface area contributed by atoms with Gasteiger partial charge in [0.15, 0.2) is 5.69 Å². The third-order valence-electron chi connectivity index (χ3n) is 4.97. The Morgan fingerprint density at radius 1 is 1.45 bits per heavy atom. The molecule has 110 valence electrons. The van der Waals surface area contributed by atoms with Gasteiger partial charge >= 0.3 is 0 Å². The molecule has 6 heteroatoms. The van der Waals surface area contributed by atoms with Crippen molar-refractivity contribution in [2.45, 2.75) is 39.2 Å². The molecule has 2 aliphatic rings. The second kappa shape index (κ2) is 5.16. The topological polar surface area (TPSA) is 63.1 Å². The van der Waals surface area contributed by atoms with E-state index in [1.165, 1.54) is 6.42 Å². The quantitative estimate of drug-likeness (QED) is 0.898. The van der Waals surface area contributed by atoms with Crippen LogP contribution in [0.4, 0.5) is 0 Å². The molecule has 0 bridgehead atoms. The highest BCUT2D eigenvalue weighted by Gasteiger charge is 2.32. The van der Waals surface area contributed by atoms with Gasteiger partial charge in [0, 0.05) is 26.2 Å². The maximum absolute atomic E-state index is 12.4. The molecule has 0 radical (unpaired) electrons. The van der Waals surface area contributed by atoms with Gasteiger partial charge in [0.2, 0.25) is 0 Å². The minimum absolute atomic E-state index is 0.0293. The summed E-state index contributed by atoms with van der Waals surface area (Å²) in [4.78, 5) is 14.4. The fraction of sp³-hybridized carbons (Fsp3) is 0.786. The van der Waals surface area contributed by atoms with Crippen LogP contribution in [0, 0.1) is 5.41 Å². The van der Waals surface area contributed by atoms with E-state index >= 15 is 0 Å². The number of rotatable bonds is 3. The smallest absolute Gasteiger partial charge is 0.276 e. The molecule has 1 aromatic rings. The molecule has 0 aliphatic carbocycles. The van der Waals surface area contributed by atoms with Crippen molar-refractivity contribution in [2.24, 2.45) is 5.41 Å². The first-order chi connectivity index (χ1) is 9.61. The summed E-state index contributed by atoms with van der Waals surface area (Å²) < 4.78 is 1.81. The number of carbonyl (C=O) groups is 1. The maximum Gasteiger partial charge on any atom is 0.276 e. The Hall–Kier alpha value is -1.43. The van der Waals surface area contributed by atoms with Gasteiger partial charge in [-0.05, 0) is 18.3 Å². The van der Waals surface area contributed by atoms with E-state index in [1.807, 2.05) is 9.58 Å². The number of piperidine rings is 1. The molecular weight excluding hydrogens is 254 g/mol. The van der Waals surface area contributed by atoms with Crippen LogP contribution >= 0.6 is 0 Å². The monoisotopic (exact) mass is 277 g/mol. The van der Waals surface area contributed by atoms with E-state index in [0.29, 0.717) is 17.2 Å². The van der Waals surface area contributed by atoms with E-state index in [4.69, 9.17) is 0 Å². The molecule has 2 saturated heterocycles. The lowest BCUT2D eigenvalue weighted by Gasteiger charge is -2.38. The second-order valence-electron chi connectivity index (χ2n) is 6.35. The summed E-state index contributed by atoms with van der Waals surface area (Å²) in [6.45, 7) is 8.04. The molecule has 0 aromatic carbocycles. The van der Waals surface area contributed by atoms with E-state index in [1.54, 1.807) is 6.20 Å². The van der Waals surface area contributed by atoms with Crippen molar-refractivity contribution in [3.63, 3.8) is 0 Å². The average Bonchev–Trinajstić information content (AvgIpc) is 2.86. The summed E-state index contributed by atoms with van der Waals surface area (Å²) in [5.41, 5.74) is 0.878. The van der Waals surface area contributed by atoms with Crippen molar-refractivity contribution in [1.29, 1.82) is 0 Å². The van der Waals surface area contributed by atoms with Crippen LogP contribution in [0.15, 0.2) is 6.20 Å². The van der Waals surface area contributed by atoms with Crippen LogP contribution in [0.5, 0.6) is 0 Å². The first-order valence-corrected chi connectivity index (χ1v) is 7.53. The normalized spacial score (nSPS) is 22.6. The Morgan fingerprint density at radius 2 is 2.15 bits per heavy atom. The highest BCUT2D eigenvalue weighted by atomic mass is 16.2. The van der Waals surface area contributed by atoms with Gasteiger partial charge in [-0.15, -0.1) is 5.10 Å². The molecule has 2 aliphatic heterocycles. The highest BCUT2D eigenvalue weighted by molar-refractivity contribution is 5.92. The molecule has 6 nitrogen and oxygen atoms in total. The lowest BCUT2D eigenvalue weighted by molar-refractivity contribution is 0.0594. The predicted molar refractivity (Wildman–Crippen MR) is 75.5 cm³/mol. The van der Waals surface area contributed by atoms with Crippen LogP contribution in [-0.4, -0.2) is 52.0 Å². The fourth-order valence-electron chi connectivity index (χ4n) is 2.78.